The number of unbranched alkanes of at least 4 members (excludes halogenated alkanes) is 3. The van der Waals surface area contributed by atoms with E-state index < -0.39 is 0 Å². The second kappa shape index (κ2) is 10.1. The Balaban J connectivity index is 0.00000225. The quantitative estimate of drug-likeness (QED) is 0.408. The average molecular weight is 336 g/mol. The first-order chi connectivity index (χ1) is 7.38. The molecule has 1 unspecified atom stereocenters. The van der Waals surface area contributed by atoms with Gasteiger partial charge in [-0.1, -0.05) is 39.5 Å². The first kappa shape index (κ1) is 15.9. The van der Waals surface area contributed by atoms with Crippen LogP contribution in [0.15, 0.2) is 18.7 Å². The predicted octanol–water partition coefficient (Wildman–Crippen LogP) is 0.618. The standard InChI is InChI=1S/C13H24N2.HI/c1-3-5-6-7-9-13(8-4-2)15-11-10-14-12-15;/h10-13H,3-9H2,1-2H3;1H. The van der Waals surface area contributed by atoms with Crippen LogP contribution in [0.4, 0.5) is 0 Å². The summed E-state index contributed by atoms with van der Waals surface area (Å²) in [6.45, 7) is 4.54. The minimum Gasteiger partial charge on any atom is -1.00 e. The van der Waals surface area contributed by atoms with Crippen molar-refractivity contribution in [1.29, 1.82) is 0 Å². The van der Waals surface area contributed by atoms with E-state index in [0.717, 1.165) is 0 Å². The molecule has 1 aromatic heterocycles. The predicted molar refractivity (Wildman–Crippen MR) is 63.7 cm³/mol. The highest BCUT2D eigenvalue weighted by Crippen LogP contribution is 2.15. The lowest BCUT2D eigenvalue weighted by Gasteiger charge is -2.12. The van der Waals surface area contributed by atoms with E-state index in [-0.39, 0.29) is 24.0 Å². The molecule has 16 heavy (non-hydrogen) atoms. The first-order valence-electron chi connectivity index (χ1n) is 6.42. The number of nitrogens with zero attached hydrogens (tertiary/aromatic N) is 1. The number of rotatable bonds is 8. The van der Waals surface area contributed by atoms with Crippen LogP contribution in [-0.2, 0) is 0 Å². The van der Waals surface area contributed by atoms with Gasteiger partial charge in [0.15, 0.2) is 0 Å². The van der Waals surface area contributed by atoms with Crippen molar-refractivity contribution in [2.45, 2.75) is 64.8 Å². The molecule has 0 aliphatic heterocycles. The van der Waals surface area contributed by atoms with E-state index >= 15 is 0 Å². The maximum Gasteiger partial charge on any atom is 0.241 e. The molecule has 0 saturated carbocycles. The van der Waals surface area contributed by atoms with E-state index in [0.29, 0.717) is 6.04 Å². The average Bonchev–Trinajstić information content (AvgIpc) is 2.76. The summed E-state index contributed by atoms with van der Waals surface area (Å²) in [4.78, 5) is 3.13. The summed E-state index contributed by atoms with van der Waals surface area (Å²) in [5, 5.41) is 0. The summed E-state index contributed by atoms with van der Waals surface area (Å²) < 4.78 is 2.33. The Kier molecular flexibility index (Phi) is 10.1. The van der Waals surface area contributed by atoms with Crippen LogP contribution >= 0.6 is 0 Å². The Hall–Kier alpha value is -0.0600. The van der Waals surface area contributed by atoms with Crippen LogP contribution < -0.4 is 28.5 Å². The molecule has 1 N–H and O–H groups in total. The second-order valence-electron chi connectivity index (χ2n) is 4.35. The molecule has 0 aromatic carbocycles. The number of aromatic nitrogens is 2. The summed E-state index contributed by atoms with van der Waals surface area (Å²) in [6.07, 6.45) is 15.6. The molecular weight excluding hydrogens is 311 g/mol. The van der Waals surface area contributed by atoms with Crippen molar-refractivity contribution < 1.29 is 28.5 Å². The van der Waals surface area contributed by atoms with Gasteiger partial charge in [0.1, 0.15) is 18.4 Å². The fraction of sp³-hybridized carbons (Fsp3) is 0.769. The third-order valence-electron chi connectivity index (χ3n) is 3.00. The van der Waals surface area contributed by atoms with Crippen molar-refractivity contribution in [1.82, 2.24) is 4.98 Å². The molecule has 1 rings (SSSR count). The van der Waals surface area contributed by atoms with Gasteiger partial charge in [0, 0.05) is 0 Å². The lowest BCUT2D eigenvalue weighted by molar-refractivity contribution is -0.723. The highest BCUT2D eigenvalue weighted by molar-refractivity contribution is 4.60. The number of hydrogen-bond donors (Lipinski definition) is 1. The summed E-state index contributed by atoms with van der Waals surface area (Å²) in [7, 11) is 0. The molecule has 0 aliphatic rings. The SMILES string of the molecule is CCCCCCC(CCC)[n+]1cc[nH]c1.[I-]. The van der Waals surface area contributed by atoms with Crippen molar-refractivity contribution in [3.05, 3.63) is 18.7 Å². The van der Waals surface area contributed by atoms with Crippen LogP contribution in [0.5, 0.6) is 0 Å². The molecule has 1 atom stereocenters. The van der Waals surface area contributed by atoms with Gasteiger partial charge in [0.05, 0.1) is 0 Å². The van der Waals surface area contributed by atoms with Gasteiger partial charge in [-0.15, -0.1) is 0 Å². The van der Waals surface area contributed by atoms with E-state index in [1.807, 2.05) is 6.20 Å². The molecule has 2 nitrogen and oxygen atoms in total. The summed E-state index contributed by atoms with van der Waals surface area (Å²) in [5.74, 6) is 0. The zero-order valence-electron chi connectivity index (χ0n) is 10.6. The van der Waals surface area contributed by atoms with Crippen LogP contribution in [0.3, 0.4) is 0 Å². The lowest BCUT2D eigenvalue weighted by Crippen LogP contribution is -3.00. The van der Waals surface area contributed by atoms with Crippen molar-refractivity contribution >= 4 is 0 Å². The molecule has 94 valence electrons. The lowest BCUT2D eigenvalue weighted by atomic mass is 10.0. The van der Waals surface area contributed by atoms with E-state index in [2.05, 4.69) is 35.9 Å². The smallest absolute Gasteiger partial charge is 0.241 e. The Morgan fingerprint density at radius 1 is 1.06 bits per heavy atom. The minimum atomic E-state index is 0. The summed E-state index contributed by atoms with van der Waals surface area (Å²) in [5.41, 5.74) is 0. The number of imidazole rings is 1. The number of halogens is 1. The van der Waals surface area contributed by atoms with E-state index in [4.69, 9.17) is 0 Å². The fourth-order valence-electron chi connectivity index (χ4n) is 2.11. The fourth-order valence-corrected chi connectivity index (χ4v) is 2.11. The number of H-pyrrole nitrogens is 1. The van der Waals surface area contributed by atoms with Crippen LogP contribution in [0.1, 0.15) is 64.8 Å². The molecule has 3 heteroatoms. The van der Waals surface area contributed by atoms with Gasteiger partial charge in [-0.2, -0.15) is 0 Å². The minimum absolute atomic E-state index is 0. The summed E-state index contributed by atoms with van der Waals surface area (Å²) >= 11 is 0. The van der Waals surface area contributed by atoms with Gasteiger partial charge in [0.2, 0.25) is 6.33 Å². The highest BCUT2D eigenvalue weighted by Gasteiger charge is 2.13. The molecule has 0 fully saturated rings. The van der Waals surface area contributed by atoms with Crippen molar-refractivity contribution in [2.75, 3.05) is 0 Å². The Labute approximate surface area is 117 Å². The van der Waals surface area contributed by atoms with Gasteiger partial charge in [-0.25, -0.2) is 4.57 Å². The molecule has 0 bridgehead atoms. The molecule has 0 amide bonds. The Morgan fingerprint density at radius 3 is 2.44 bits per heavy atom. The normalized spacial score (nSPS) is 12.1. The van der Waals surface area contributed by atoms with Crippen LogP contribution in [0.25, 0.3) is 0 Å². The zero-order valence-corrected chi connectivity index (χ0v) is 12.7. The first-order valence-corrected chi connectivity index (χ1v) is 6.42. The van der Waals surface area contributed by atoms with Gasteiger partial charge >= 0.3 is 0 Å². The van der Waals surface area contributed by atoms with Gasteiger partial charge < -0.3 is 24.0 Å². The third-order valence-corrected chi connectivity index (χ3v) is 3.00. The van der Waals surface area contributed by atoms with E-state index in [1.165, 1.54) is 44.9 Å². The molecular formula is C13H25IN2. The van der Waals surface area contributed by atoms with Gasteiger partial charge in [-0.05, 0) is 19.3 Å². The largest absolute Gasteiger partial charge is 1.00 e. The topological polar surface area (TPSA) is 19.7 Å². The molecule has 0 spiro atoms. The number of aromatic amines is 1. The van der Waals surface area contributed by atoms with Crippen LogP contribution in [-0.4, -0.2) is 4.98 Å². The maximum atomic E-state index is 3.13. The second-order valence-corrected chi connectivity index (χ2v) is 4.35. The third kappa shape index (κ3) is 5.87. The Morgan fingerprint density at radius 2 is 1.88 bits per heavy atom. The number of nitrogens with one attached hydrogen (secondary N) is 1. The molecule has 0 radical (unpaired) electrons. The van der Waals surface area contributed by atoms with Crippen LogP contribution in [0, 0.1) is 0 Å². The van der Waals surface area contributed by atoms with Crippen molar-refractivity contribution in [2.24, 2.45) is 0 Å². The van der Waals surface area contributed by atoms with Crippen molar-refractivity contribution in [3.8, 4) is 0 Å². The molecule has 1 heterocycles. The van der Waals surface area contributed by atoms with E-state index in [9.17, 15) is 0 Å². The molecule has 0 saturated heterocycles. The molecule has 0 aliphatic carbocycles. The van der Waals surface area contributed by atoms with Gasteiger partial charge in [-0.3, -0.25) is 4.98 Å². The maximum absolute atomic E-state index is 3.13. The van der Waals surface area contributed by atoms with E-state index in [1.54, 1.807) is 0 Å². The van der Waals surface area contributed by atoms with Crippen LogP contribution in [0.2, 0.25) is 0 Å². The monoisotopic (exact) mass is 336 g/mol. The molecule has 1 aromatic rings. The summed E-state index contributed by atoms with van der Waals surface area (Å²) in [6, 6.07) is 0.707. The highest BCUT2D eigenvalue weighted by atomic mass is 127. The number of hydrogen-bond acceptors (Lipinski definition) is 0. The van der Waals surface area contributed by atoms with Crippen molar-refractivity contribution in [3.63, 3.8) is 0 Å². The zero-order chi connectivity index (χ0) is 10.9. The van der Waals surface area contributed by atoms with Gasteiger partial charge in [0.25, 0.3) is 0 Å². The Bertz CT molecular complexity index is 234.